The van der Waals surface area contributed by atoms with Crippen molar-refractivity contribution in [2.45, 2.75) is 335 Å². The van der Waals surface area contributed by atoms with E-state index in [4.69, 9.17) is 14.2 Å². The number of unbranched alkanes of at least 4 members (excludes halogenated alkanes) is 38. The van der Waals surface area contributed by atoms with Crippen LogP contribution in [0.1, 0.15) is 329 Å². The van der Waals surface area contributed by atoms with Gasteiger partial charge in [0.15, 0.2) is 6.10 Å². The molecule has 0 saturated carbocycles. The van der Waals surface area contributed by atoms with Gasteiger partial charge in [-0.25, -0.2) is 0 Å². The molecule has 6 nitrogen and oxygen atoms in total. The topological polar surface area (TPSA) is 78.9 Å². The number of ether oxygens (including phenoxy) is 3. The lowest BCUT2D eigenvalue weighted by atomic mass is 10.1. The molecule has 0 saturated heterocycles. The molecule has 0 bridgehead atoms. The van der Waals surface area contributed by atoms with E-state index < -0.39 is 6.10 Å². The van der Waals surface area contributed by atoms with Crippen LogP contribution in [-0.2, 0) is 28.6 Å². The first-order chi connectivity index (χ1) is 35.0. The van der Waals surface area contributed by atoms with Crippen LogP contribution in [0.3, 0.4) is 0 Å². The molecule has 0 spiro atoms. The number of rotatable bonds is 57. The van der Waals surface area contributed by atoms with E-state index in [-0.39, 0.29) is 31.1 Å². The van der Waals surface area contributed by atoms with Gasteiger partial charge in [0, 0.05) is 19.3 Å². The maximum Gasteiger partial charge on any atom is 0.306 e. The SMILES string of the molecule is CCCCC/C=C/C/C=C/CCCCCCCCCC(=O)O[C@H](COC(=O)CCCCCCCCC/C=C/CCCCCCCC)COC(=O)CCCCCCCCCCC/C=C/CCCCCCCC. The van der Waals surface area contributed by atoms with Gasteiger partial charge in [0.2, 0.25) is 0 Å². The van der Waals surface area contributed by atoms with Gasteiger partial charge in [-0.1, -0.05) is 256 Å². The second-order valence-corrected chi connectivity index (χ2v) is 21.0. The number of carbonyl (C=O) groups is 3. The zero-order chi connectivity index (χ0) is 51.4. The van der Waals surface area contributed by atoms with Crippen LogP contribution >= 0.6 is 0 Å². The van der Waals surface area contributed by atoms with Gasteiger partial charge in [-0.05, 0) is 103 Å². The molecule has 0 unspecified atom stereocenters. The van der Waals surface area contributed by atoms with Crippen LogP contribution in [0.2, 0.25) is 0 Å². The summed E-state index contributed by atoms with van der Waals surface area (Å²) in [6, 6.07) is 0. The van der Waals surface area contributed by atoms with Gasteiger partial charge in [-0.2, -0.15) is 0 Å². The normalized spacial score (nSPS) is 12.3. The third-order valence-electron chi connectivity index (χ3n) is 13.8. The maximum absolute atomic E-state index is 12.9. The van der Waals surface area contributed by atoms with Crippen molar-refractivity contribution in [2.75, 3.05) is 13.2 Å². The lowest BCUT2D eigenvalue weighted by molar-refractivity contribution is -0.167. The van der Waals surface area contributed by atoms with Crippen LogP contribution < -0.4 is 0 Å². The summed E-state index contributed by atoms with van der Waals surface area (Å²) in [6.45, 7) is 6.64. The highest BCUT2D eigenvalue weighted by Crippen LogP contribution is 2.16. The quantitative estimate of drug-likeness (QED) is 0.0261. The average molecular weight is 996 g/mol. The van der Waals surface area contributed by atoms with Gasteiger partial charge in [-0.15, -0.1) is 0 Å². The Hall–Kier alpha value is -2.63. The summed E-state index contributed by atoms with van der Waals surface area (Å²) < 4.78 is 16.9. The van der Waals surface area contributed by atoms with Gasteiger partial charge in [0.05, 0.1) is 0 Å². The molecule has 0 aliphatic heterocycles. The molecule has 0 heterocycles. The van der Waals surface area contributed by atoms with Crippen molar-refractivity contribution < 1.29 is 28.6 Å². The first-order valence-corrected chi connectivity index (χ1v) is 31.1. The largest absolute Gasteiger partial charge is 0.462 e. The molecule has 0 N–H and O–H groups in total. The van der Waals surface area contributed by atoms with E-state index in [1.54, 1.807) is 0 Å². The second-order valence-electron chi connectivity index (χ2n) is 21.0. The van der Waals surface area contributed by atoms with Crippen molar-refractivity contribution in [3.63, 3.8) is 0 Å². The van der Waals surface area contributed by atoms with Crippen molar-refractivity contribution in [3.8, 4) is 0 Å². The summed E-state index contributed by atoms with van der Waals surface area (Å²) in [5, 5.41) is 0. The Kier molecular flexibility index (Phi) is 57.7. The monoisotopic (exact) mass is 995 g/mol. The Balaban J connectivity index is 4.37. The maximum atomic E-state index is 12.9. The Labute approximate surface area is 441 Å². The first kappa shape index (κ1) is 68.4. The molecule has 0 aromatic heterocycles. The van der Waals surface area contributed by atoms with Gasteiger partial charge >= 0.3 is 17.9 Å². The molecule has 6 heteroatoms. The van der Waals surface area contributed by atoms with Crippen molar-refractivity contribution in [3.05, 3.63) is 48.6 Å². The highest BCUT2D eigenvalue weighted by atomic mass is 16.6. The summed E-state index contributed by atoms with van der Waals surface area (Å²) >= 11 is 0. The minimum atomic E-state index is -0.780. The molecular formula is C65H118O6. The Morgan fingerprint density at radius 3 is 0.817 bits per heavy atom. The van der Waals surface area contributed by atoms with Gasteiger partial charge in [0.1, 0.15) is 13.2 Å². The molecule has 0 aromatic rings. The molecule has 0 radical (unpaired) electrons. The van der Waals surface area contributed by atoms with Gasteiger partial charge < -0.3 is 14.2 Å². The van der Waals surface area contributed by atoms with Crippen molar-refractivity contribution in [1.82, 2.24) is 0 Å². The molecule has 0 aliphatic rings. The zero-order valence-electron chi connectivity index (χ0n) is 47.5. The lowest BCUT2D eigenvalue weighted by Crippen LogP contribution is -2.30. The summed E-state index contributed by atoms with van der Waals surface area (Å²) in [6.07, 6.45) is 73.9. The fraction of sp³-hybridized carbons (Fsp3) is 0.831. The fourth-order valence-electron chi connectivity index (χ4n) is 9.05. The predicted molar refractivity (Wildman–Crippen MR) is 307 cm³/mol. The fourth-order valence-corrected chi connectivity index (χ4v) is 9.05. The number of carbonyl (C=O) groups excluding carboxylic acids is 3. The van der Waals surface area contributed by atoms with Gasteiger partial charge in [-0.3, -0.25) is 14.4 Å². The molecule has 0 fully saturated rings. The predicted octanol–water partition coefficient (Wildman–Crippen LogP) is 21.0. The molecule has 1 atom stereocenters. The summed E-state index contributed by atoms with van der Waals surface area (Å²) in [5.74, 6) is -0.873. The van der Waals surface area contributed by atoms with Crippen LogP contribution in [0.15, 0.2) is 48.6 Å². The molecular weight excluding hydrogens is 877 g/mol. The van der Waals surface area contributed by atoms with Crippen molar-refractivity contribution in [2.24, 2.45) is 0 Å². The highest BCUT2D eigenvalue weighted by molar-refractivity contribution is 5.71. The second kappa shape index (κ2) is 59.9. The minimum Gasteiger partial charge on any atom is -0.462 e. The van der Waals surface area contributed by atoms with E-state index in [0.29, 0.717) is 19.3 Å². The Morgan fingerprint density at radius 1 is 0.282 bits per heavy atom. The summed E-state index contributed by atoms with van der Waals surface area (Å²) in [7, 11) is 0. The number of allylic oxidation sites excluding steroid dienone is 8. The van der Waals surface area contributed by atoms with E-state index in [0.717, 1.165) is 70.6 Å². The van der Waals surface area contributed by atoms with Crippen LogP contribution in [0, 0.1) is 0 Å². The minimum absolute atomic E-state index is 0.0768. The summed E-state index contributed by atoms with van der Waals surface area (Å²) in [5.41, 5.74) is 0. The van der Waals surface area contributed by atoms with Crippen LogP contribution in [-0.4, -0.2) is 37.2 Å². The lowest BCUT2D eigenvalue weighted by Gasteiger charge is -2.18. The van der Waals surface area contributed by atoms with E-state index >= 15 is 0 Å². The van der Waals surface area contributed by atoms with Crippen molar-refractivity contribution >= 4 is 17.9 Å². The molecule has 71 heavy (non-hydrogen) atoms. The van der Waals surface area contributed by atoms with E-state index in [9.17, 15) is 14.4 Å². The van der Waals surface area contributed by atoms with E-state index in [2.05, 4.69) is 69.4 Å². The van der Waals surface area contributed by atoms with E-state index in [1.807, 2.05) is 0 Å². The zero-order valence-corrected chi connectivity index (χ0v) is 47.5. The van der Waals surface area contributed by atoms with Crippen LogP contribution in [0.5, 0.6) is 0 Å². The Bertz CT molecular complexity index is 1230. The van der Waals surface area contributed by atoms with Crippen LogP contribution in [0.4, 0.5) is 0 Å². The number of hydrogen-bond acceptors (Lipinski definition) is 6. The molecule has 0 amide bonds. The Morgan fingerprint density at radius 2 is 0.507 bits per heavy atom. The molecule has 0 aromatic carbocycles. The third-order valence-corrected chi connectivity index (χ3v) is 13.8. The molecule has 0 rings (SSSR count). The highest BCUT2D eigenvalue weighted by Gasteiger charge is 2.19. The van der Waals surface area contributed by atoms with Gasteiger partial charge in [0.25, 0.3) is 0 Å². The van der Waals surface area contributed by atoms with Crippen molar-refractivity contribution in [1.29, 1.82) is 0 Å². The van der Waals surface area contributed by atoms with E-state index in [1.165, 1.54) is 218 Å². The third kappa shape index (κ3) is 58.1. The average Bonchev–Trinajstić information content (AvgIpc) is 3.37. The standard InChI is InChI=1S/C65H118O6/c1-4-7-10-13-16-19-22-25-28-31-32-35-37-40-43-46-49-52-55-58-64(67)70-61-62(71-65(68)59-56-53-50-47-44-41-38-34-30-27-24-21-18-15-12-9-6-3)60-69-63(66)57-54-51-48-45-42-39-36-33-29-26-23-20-17-14-11-8-5-2/h18,21,25-30,62H,4-17,19-20,22-24,31-61H2,1-3H3/b21-18+,28-25+,29-26+,30-27+/t62-/m1/s1. The number of esters is 3. The first-order valence-electron chi connectivity index (χ1n) is 31.1. The summed E-state index contributed by atoms with van der Waals surface area (Å²) in [4.78, 5) is 38.3. The smallest absolute Gasteiger partial charge is 0.306 e. The van der Waals surface area contributed by atoms with Crippen LogP contribution in [0.25, 0.3) is 0 Å². The molecule has 0 aliphatic carbocycles. The number of hydrogen-bond donors (Lipinski definition) is 0. The molecule has 414 valence electrons.